The predicted molar refractivity (Wildman–Crippen MR) is 84.4 cm³/mol. The van der Waals surface area contributed by atoms with Crippen LogP contribution >= 0.6 is 0 Å². The fourth-order valence-corrected chi connectivity index (χ4v) is 2.95. The van der Waals surface area contributed by atoms with E-state index in [9.17, 15) is 4.79 Å². The number of nitrogens with one attached hydrogen (secondary N) is 2. The molecule has 0 atom stereocenters. The van der Waals surface area contributed by atoms with Gasteiger partial charge in [0.15, 0.2) is 0 Å². The number of para-hydroxylation sites is 1. The Hall–Kier alpha value is -1.71. The molecule has 2 amide bonds. The maximum absolute atomic E-state index is 11.8. The van der Waals surface area contributed by atoms with Gasteiger partial charge < -0.3 is 15.4 Å². The number of methoxy groups -OCH3 is 1. The number of carbonyl (C=O) groups excluding carboxylic acids is 1. The molecule has 1 saturated carbocycles. The fourth-order valence-electron chi connectivity index (χ4n) is 2.95. The van der Waals surface area contributed by atoms with Crippen LogP contribution in [-0.4, -0.2) is 19.7 Å². The van der Waals surface area contributed by atoms with Crippen molar-refractivity contribution in [2.45, 2.75) is 45.1 Å². The van der Waals surface area contributed by atoms with Crippen molar-refractivity contribution >= 4 is 6.03 Å². The molecule has 116 valence electrons. The van der Waals surface area contributed by atoms with Crippen molar-refractivity contribution in [3.05, 3.63) is 29.8 Å². The fraction of sp³-hybridized carbons (Fsp3) is 0.588. The van der Waals surface area contributed by atoms with Crippen LogP contribution in [-0.2, 0) is 6.54 Å². The summed E-state index contributed by atoms with van der Waals surface area (Å²) < 4.78 is 5.27. The van der Waals surface area contributed by atoms with Gasteiger partial charge >= 0.3 is 6.03 Å². The molecule has 0 unspecified atom stereocenters. The highest BCUT2D eigenvalue weighted by molar-refractivity contribution is 5.73. The predicted octanol–water partition coefficient (Wildman–Crippen LogP) is 3.46. The topological polar surface area (TPSA) is 50.4 Å². The lowest BCUT2D eigenvalue weighted by molar-refractivity contribution is 0.238. The van der Waals surface area contributed by atoms with Gasteiger partial charge in [-0.2, -0.15) is 0 Å². The Bertz CT molecular complexity index is 442. The Kier molecular flexibility index (Phi) is 6.38. The van der Waals surface area contributed by atoms with Crippen molar-refractivity contribution in [1.29, 1.82) is 0 Å². The lowest BCUT2D eigenvalue weighted by atomic mass is 9.87. The van der Waals surface area contributed by atoms with Gasteiger partial charge in [-0.15, -0.1) is 0 Å². The Morgan fingerprint density at radius 1 is 1.19 bits per heavy atom. The number of hydrogen-bond donors (Lipinski definition) is 2. The van der Waals surface area contributed by atoms with E-state index in [0.29, 0.717) is 6.54 Å². The van der Waals surface area contributed by atoms with Crippen molar-refractivity contribution in [3.8, 4) is 5.75 Å². The Balaban J connectivity index is 1.65. The van der Waals surface area contributed by atoms with E-state index in [-0.39, 0.29) is 6.03 Å². The number of urea groups is 1. The van der Waals surface area contributed by atoms with Gasteiger partial charge in [0.2, 0.25) is 0 Å². The van der Waals surface area contributed by atoms with Crippen LogP contribution in [0, 0.1) is 5.92 Å². The first-order chi connectivity index (χ1) is 10.3. The molecule has 1 aliphatic rings. The SMILES string of the molecule is COc1ccccc1CNC(=O)NCCC1CCCCC1. The van der Waals surface area contributed by atoms with Crippen LogP contribution in [0.4, 0.5) is 4.79 Å². The van der Waals surface area contributed by atoms with E-state index in [4.69, 9.17) is 4.74 Å². The normalized spacial score (nSPS) is 15.5. The minimum atomic E-state index is -0.100. The van der Waals surface area contributed by atoms with Gasteiger partial charge in [-0.1, -0.05) is 50.3 Å². The summed E-state index contributed by atoms with van der Waals surface area (Å²) in [5.41, 5.74) is 0.988. The summed E-state index contributed by atoms with van der Waals surface area (Å²) in [6, 6.07) is 7.63. The molecular formula is C17H26N2O2. The molecule has 2 N–H and O–H groups in total. The monoisotopic (exact) mass is 290 g/mol. The summed E-state index contributed by atoms with van der Waals surface area (Å²) in [6.45, 7) is 1.25. The van der Waals surface area contributed by atoms with Gasteiger partial charge in [-0.3, -0.25) is 0 Å². The quantitative estimate of drug-likeness (QED) is 0.843. The van der Waals surface area contributed by atoms with E-state index in [0.717, 1.165) is 30.2 Å². The van der Waals surface area contributed by atoms with Gasteiger partial charge in [0.1, 0.15) is 5.75 Å². The molecule has 0 saturated heterocycles. The van der Waals surface area contributed by atoms with Crippen LogP contribution in [0.25, 0.3) is 0 Å². The van der Waals surface area contributed by atoms with Gasteiger partial charge in [0, 0.05) is 18.7 Å². The molecule has 0 bridgehead atoms. The van der Waals surface area contributed by atoms with Gasteiger partial charge in [0.25, 0.3) is 0 Å². The second kappa shape index (κ2) is 8.55. The minimum Gasteiger partial charge on any atom is -0.496 e. The summed E-state index contributed by atoms with van der Waals surface area (Å²) in [7, 11) is 1.64. The highest BCUT2D eigenvalue weighted by atomic mass is 16.5. The highest BCUT2D eigenvalue weighted by Gasteiger charge is 2.13. The third-order valence-electron chi connectivity index (χ3n) is 4.19. The summed E-state index contributed by atoms with van der Waals surface area (Å²) in [5, 5.41) is 5.83. The molecule has 0 aliphatic heterocycles. The lowest BCUT2D eigenvalue weighted by Crippen LogP contribution is -2.36. The third kappa shape index (κ3) is 5.29. The molecule has 0 heterocycles. The molecule has 1 aromatic carbocycles. The first-order valence-electron chi connectivity index (χ1n) is 7.93. The van der Waals surface area contributed by atoms with E-state index in [1.807, 2.05) is 24.3 Å². The maximum Gasteiger partial charge on any atom is 0.315 e. The highest BCUT2D eigenvalue weighted by Crippen LogP contribution is 2.25. The smallest absolute Gasteiger partial charge is 0.315 e. The molecule has 4 heteroatoms. The van der Waals surface area contributed by atoms with Crippen LogP contribution in [0.1, 0.15) is 44.1 Å². The maximum atomic E-state index is 11.8. The molecule has 2 rings (SSSR count). The molecular weight excluding hydrogens is 264 g/mol. The number of ether oxygens (including phenoxy) is 1. The van der Waals surface area contributed by atoms with E-state index in [1.54, 1.807) is 7.11 Å². The van der Waals surface area contributed by atoms with Crippen molar-refractivity contribution in [2.75, 3.05) is 13.7 Å². The van der Waals surface area contributed by atoms with E-state index >= 15 is 0 Å². The second-order valence-corrected chi connectivity index (χ2v) is 5.71. The van der Waals surface area contributed by atoms with E-state index in [2.05, 4.69) is 10.6 Å². The molecule has 0 aromatic heterocycles. The molecule has 1 fully saturated rings. The summed E-state index contributed by atoms with van der Waals surface area (Å²) >= 11 is 0. The number of amides is 2. The molecule has 4 nitrogen and oxygen atoms in total. The summed E-state index contributed by atoms with van der Waals surface area (Å²) in [6.07, 6.45) is 7.83. The van der Waals surface area contributed by atoms with Crippen LogP contribution < -0.4 is 15.4 Å². The largest absolute Gasteiger partial charge is 0.496 e. The molecule has 1 aliphatic carbocycles. The first-order valence-corrected chi connectivity index (χ1v) is 7.93. The van der Waals surface area contributed by atoms with Crippen molar-refractivity contribution in [2.24, 2.45) is 5.92 Å². The van der Waals surface area contributed by atoms with Crippen molar-refractivity contribution in [3.63, 3.8) is 0 Å². The van der Waals surface area contributed by atoms with Crippen LogP contribution in [0.15, 0.2) is 24.3 Å². The zero-order chi connectivity index (χ0) is 14.9. The first kappa shape index (κ1) is 15.7. The summed E-state index contributed by atoms with van der Waals surface area (Å²) in [5.74, 6) is 1.60. The number of benzene rings is 1. The van der Waals surface area contributed by atoms with Crippen LogP contribution in [0.3, 0.4) is 0 Å². The Labute approximate surface area is 127 Å². The Morgan fingerprint density at radius 2 is 1.95 bits per heavy atom. The summed E-state index contributed by atoms with van der Waals surface area (Å²) in [4.78, 5) is 11.8. The number of carbonyl (C=O) groups is 1. The van der Waals surface area contributed by atoms with Gasteiger partial charge in [-0.25, -0.2) is 4.79 Å². The number of hydrogen-bond acceptors (Lipinski definition) is 2. The average Bonchev–Trinajstić information content (AvgIpc) is 2.54. The van der Waals surface area contributed by atoms with Crippen molar-refractivity contribution < 1.29 is 9.53 Å². The molecule has 21 heavy (non-hydrogen) atoms. The van der Waals surface area contributed by atoms with Gasteiger partial charge in [-0.05, 0) is 18.4 Å². The van der Waals surface area contributed by atoms with Gasteiger partial charge in [0.05, 0.1) is 7.11 Å². The van der Waals surface area contributed by atoms with Crippen molar-refractivity contribution in [1.82, 2.24) is 10.6 Å². The zero-order valence-electron chi connectivity index (χ0n) is 12.9. The molecule has 1 aromatic rings. The Morgan fingerprint density at radius 3 is 2.71 bits per heavy atom. The standard InChI is InChI=1S/C17H26N2O2/c1-21-16-10-6-5-9-15(16)13-19-17(20)18-12-11-14-7-3-2-4-8-14/h5-6,9-10,14H,2-4,7-8,11-13H2,1H3,(H2,18,19,20). The third-order valence-corrected chi connectivity index (χ3v) is 4.19. The van der Waals surface area contributed by atoms with Crippen LogP contribution in [0.2, 0.25) is 0 Å². The zero-order valence-corrected chi connectivity index (χ0v) is 12.9. The van der Waals surface area contributed by atoms with Crippen LogP contribution in [0.5, 0.6) is 5.75 Å². The second-order valence-electron chi connectivity index (χ2n) is 5.71. The minimum absolute atomic E-state index is 0.100. The average molecular weight is 290 g/mol. The number of rotatable bonds is 6. The lowest BCUT2D eigenvalue weighted by Gasteiger charge is -2.21. The molecule has 0 radical (unpaired) electrons. The van der Waals surface area contributed by atoms with E-state index < -0.39 is 0 Å². The molecule has 0 spiro atoms. The van der Waals surface area contributed by atoms with E-state index in [1.165, 1.54) is 32.1 Å².